The first kappa shape index (κ1) is 104. The van der Waals surface area contributed by atoms with Gasteiger partial charge in [-0.25, -0.2) is 0 Å². The van der Waals surface area contributed by atoms with Gasteiger partial charge in [0.2, 0.25) is 0 Å². The zero-order valence-electron chi connectivity index (χ0n) is 60.3. The third-order valence-electron chi connectivity index (χ3n) is 13.4. The number of hydrogen-bond acceptors (Lipinski definition) is 43. The Hall–Kier alpha value is -1.72. The SMILES string of the molecule is OCC(O)COCC(O)COCC(O)COC(COCC(COCC(O)COCC(O)CO)OCC(O)COCC(O)CO)COC(COCC(COCC(COCC(O)CO)OCC(O)COCC(O)CO)OCC(O)CO)COCC(COCC(O)COCC(O)CO)OCC(O)COCC(O)CO. The molecule has 0 spiro atoms. The van der Waals surface area contributed by atoms with Gasteiger partial charge in [-0.2, -0.15) is 0 Å². The molecule has 0 saturated heterocycles. The maximum absolute atomic E-state index is 11.0. The maximum atomic E-state index is 11.0. The third-order valence-corrected chi connectivity index (χ3v) is 13.4. The van der Waals surface area contributed by atoms with Crippen LogP contribution in [0, 0.1) is 0 Å². The molecule has 0 aliphatic rings. The molecule has 0 amide bonds. The Balaban J connectivity index is 7.22. The highest BCUT2D eigenvalue weighted by Gasteiger charge is 2.26. The van der Waals surface area contributed by atoms with Crippen LogP contribution in [0.25, 0.3) is 0 Å². The lowest BCUT2D eigenvalue weighted by Gasteiger charge is -2.27. The van der Waals surface area contributed by atoms with Gasteiger partial charge in [-0.15, -0.1) is 0 Å². The molecule has 0 aromatic rings. The van der Waals surface area contributed by atoms with Gasteiger partial charge in [-0.3, -0.25) is 0 Å². The van der Waals surface area contributed by atoms with E-state index < -0.39 is 214 Å². The average Bonchev–Trinajstić information content (AvgIpc) is 0.969. The molecule has 43 heteroatoms. The van der Waals surface area contributed by atoms with Gasteiger partial charge in [0.05, 0.1) is 277 Å². The Morgan fingerprint density at radius 3 is 0.368 bits per heavy atom. The van der Waals surface area contributed by atoms with E-state index >= 15 is 0 Å². The van der Waals surface area contributed by atoms with Crippen molar-refractivity contribution in [2.45, 2.75) is 128 Å². The molecule has 0 rings (SSSR count). The Bertz CT molecular complexity index is 1840. The van der Waals surface area contributed by atoms with E-state index in [1.54, 1.807) is 0 Å². The summed E-state index contributed by atoms with van der Waals surface area (Å²) in [5.74, 6) is 0. The summed E-state index contributed by atoms with van der Waals surface area (Å²) >= 11 is 0. The fourth-order valence-corrected chi connectivity index (χ4v) is 7.81. The van der Waals surface area contributed by atoms with Gasteiger partial charge in [-0.05, 0) is 0 Å². The lowest BCUT2D eigenvalue weighted by atomic mass is 10.3. The van der Waals surface area contributed by atoms with Crippen LogP contribution < -0.4 is 0 Å². The zero-order valence-corrected chi connectivity index (χ0v) is 60.3. The molecule has 0 saturated carbocycles. The quantitative estimate of drug-likeness (QED) is 0.0269. The molecule has 0 aliphatic heterocycles. The van der Waals surface area contributed by atoms with Gasteiger partial charge in [0, 0.05) is 0 Å². The first-order valence-electron chi connectivity index (χ1n) is 34.8. The minimum atomic E-state index is -1.37. The summed E-state index contributed by atoms with van der Waals surface area (Å²) in [6.07, 6.45) is -24.9. The van der Waals surface area contributed by atoms with Crippen molar-refractivity contribution in [1.29, 1.82) is 0 Å². The molecular weight excluding hydrogens is 1440 g/mol. The number of aliphatic hydroxyl groups excluding tert-OH is 23. The summed E-state index contributed by atoms with van der Waals surface area (Å²) < 4.78 is 114. The highest BCUT2D eigenvalue weighted by Crippen LogP contribution is 2.11. The summed E-state index contributed by atoms with van der Waals surface area (Å²) in [5, 5.41) is 226. The molecule has 106 heavy (non-hydrogen) atoms. The lowest BCUT2D eigenvalue weighted by molar-refractivity contribution is -0.150. The molecule has 0 heterocycles. The maximum Gasteiger partial charge on any atom is 0.104 e. The van der Waals surface area contributed by atoms with Crippen molar-refractivity contribution < 1.29 is 212 Å². The predicted molar refractivity (Wildman–Crippen MR) is 357 cm³/mol. The van der Waals surface area contributed by atoms with E-state index in [2.05, 4.69) is 0 Å². The minimum Gasteiger partial charge on any atom is -0.394 e. The standard InChI is InChI=1S/C63H128O43/c64-1-43(72)9-87-16-51(80)19-93-25-57(86)30-105-63(41-100-36-60(104-29-56(85)24-92-14-48(77)6-69)33-96-21-53(82)18-89-11-45(74)3-66)42-106-62(39-98-35-59(103-28-55(84)23-91-13-47(76)5-68)32-95-20-52(81)17-88-10-44(73)2-65)40-99-38-61(101-26-50(79)8-71)37-97-34-58(31-94-15-49(78)7-70)102-27-54(83)22-90-12-46(75)4-67/h43-86H,1-42H2. The van der Waals surface area contributed by atoms with Gasteiger partial charge in [0.25, 0.3) is 0 Å². The van der Waals surface area contributed by atoms with Gasteiger partial charge in [0.15, 0.2) is 0 Å². The van der Waals surface area contributed by atoms with E-state index in [1.807, 2.05) is 0 Å². The Morgan fingerprint density at radius 1 is 0.113 bits per heavy atom. The molecule has 0 aliphatic carbocycles. The van der Waals surface area contributed by atoms with Crippen LogP contribution in [0.2, 0.25) is 0 Å². The number of hydrogen-bond donors (Lipinski definition) is 23. The first-order chi connectivity index (χ1) is 50.9. The molecule has 0 aromatic carbocycles. The van der Waals surface area contributed by atoms with Crippen LogP contribution in [0.5, 0.6) is 0 Å². The fraction of sp³-hybridized carbons (Fsp3) is 1.00. The number of rotatable bonds is 82. The van der Waals surface area contributed by atoms with Crippen molar-refractivity contribution in [2.24, 2.45) is 0 Å². The monoisotopic (exact) mass is 1570 g/mol. The Labute approximate surface area is 616 Å². The van der Waals surface area contributed by atoms with Crippen molar-refractivity contribution in [2.75, 3.05) is 277 Å². The molecule has 21 atom stereocenters. The molecule has 0 fully saturated rings. The first-order valence-corrected chi connectivity index (χ1v) is 34.8. The molecule has 0 radical (unpaired) electrons. The van der Waals surface area contributed by atoms with E-state index in [-0.39, 0.29) is 192 Å². The summed E-state index contributed by atoms with van der Waals surface area (Å²) in [4.78, 5) is 0. The van der Waals surface area contributed by atoms with Crippen LogP contribution in [-0.2, 0) is 94.7 Å². The van der Waals surface area contributed by atoms with Crippen molar-refractivity contribution >= 4 is 0 Å². The molecule has 638 valence electrons. The van der Waals surface area contributed by atoms with Gasteiger partial charge in [-0.1, -0.05) is 0 Å². The summed E-state index contributed by atoms with van der Waals surface area (Å²) in [6.45, 7) is -15.9. The summed E-state index contributed by atoms with van der Waals surface area (Å²) in [7, 11) is 0. The van der Waals surface area contributed by atoms with E-state index in [4.69, 9.17) is 120 Å². The summed E-state index contributed by atoms with van der Waals surface area (Å²) in [6, 6.07) is 0. The van der Waals surface area contributed by atoms with Gasteiger partial charge < -0.3 is 212 Å². The second-order valence-electron chi connectivity index (χ2n) is 24.5. The zero-order chi connectivity index (χ0) is 79.0. The molecule has 0 aromatic heterocycles. The lowest BCUT2D eigenvalue weighted by Crippen LogP contribution is -2.39. The van der Waals surface area contributed by atoms with Crippen molar-refractivity contribution in [3.63, 3.8) is 0 Å². The topological polar surface area (TPSA) is 650 Å². The van der Waals surface area contributed by atoms with Crippen LogP contribution in [-0.4, -0.2) is 523 Å². The van der Waals surface area contributed by atoms with Crippen molar-refractivity contribution in [1.82, 2.24) is 0 Å². The Morgan fingerprint density at radius 2 is 0.208 bits per heavy atom. The third kappa shape index (κ3) is 63.8. The highest BCUT2D eigenvalue weighted by molar-refractivity contribution is 4.71. The van der Waals surface area contributed by atoms with Crippen LogP contribution >= 0.6 is 0 Å². The second-order valence-corrected chi connectivity index (χ2v) is 24.5. The van der Waals surface area contributed by atoms with E-state index in [1.165, 1.54) is 0 Å². The van der Waals surface area contributed by atoms with E-state index in [0.717, 1.165) is 0 Å². The van der Waals surface area contributed by atoms with Crippen LogP contribution in [0.1, 0.15) is 0 Å². The van der Waals surface area contributed by atoms with Gasteiger partial charge >= 0.3 is 0 Å². The van der Waals surface area contributed by atoms with E-state index in [0.29, 0.717) is 0 Å². The fourth-order valence-electron chi connectivity index (χ4n) is 7.81. The van der Waals surface area contributed by atoms with Crippen LogP contribution in [0.4, 0.5) is 0 Å². The molecule has 23 N–H and O–H groups in total. The normalized spacial score (nSPS) is 18.4. The smallest absolute Gasteiger partial charge is 0.104 e. The molecular formula is C63H128O43. The number of ether oxygens (including phenoxy) is 20. The summed E-state index contributed by atoms with van der Waals surface area (Å²) in [5.41, 5.74) is 0. The predicted octanol–water partition coefficient (Wildman–Crippen LogP) is -14.1. The largest absolute Gasteiger partial charge is 0.394 e. The molecule has 0 bridgehead atoms. The second kappa shape index (κ2) is 71.1. The van der Waals surface area contributed by atoms with Crippen LogP contribution in [0.3, 0.4) is 0 Å². The Kier molecular flexibility index (Phi) is 69.9. The minimum absolute atomic E-state index is 0.231. The molecule has 43 nitrogen and oxygen atoms in total. The highest BCUT2D eigenvalue weighted by atomic mass is 16.6. The van der Waals surface area contributed by atoms with E-state index in [9.17, 15) is 91.9 Å². The molecule has 21 unspecified atom stereocenters. The average molecular weight is 1570 g/mol. The van der Waals surface area contributed by atoms with Gasteiger partial charge in [0.1, 0.15) is 128 Å². The van der Waals surface area contributed by atoms with Crippen molar-refractivity contribution in [3.8, 4) is 0 Å². The van der Waals surface area contributed by atoms with Crippen molar-refractivity contribution in [3.05, 3.63) is 0 Å². The van der Waals surface area contributed by atoms with Crippen LogP contribution in [0.15, 0.2) is 0 Å². The number of aliphatic hydroxyl groups is 23.